The van der Waals surface area contributed by atoms with Gasteiger partial charge in [-0.3, -0.25) is 0 Å². The van der Waals surface area contributed by atoms with Gasteiger partial charge in [0.05, 0.1) is 12.7 Å². The highest BCUT2D eigenvalue weighted by Crippen LogP contribution is 2.18. The third-order valence-electron chi connectivity index (χ3n) is 1.81. The Labute approximate surface area is 96.4 Å². The van der Waals surface area contributed by atoms with E-state index in [4.69, 9.17) is 0 Å². The van der Waals surface area contributed by atoms with Gasteiger partial charge in [0.15, 0.2) is 0 Å². The van der Waals surface area contributed by atoms with E-state index < -0.39 is 18.6 Å². The summed E-state index contributed by atoms with van der Waals surface area (Å²) in [6.45, 7) is 0. The topological polar surface area (TPSA) is 26.3 Å². The van der Waals surface area contributed by atoms with E-state index in [0.717, 1.165) is 0 Å². The predicted molar refractivity (Wildman–Crippen MR) is 55.3 cm³/mol. The smallest absolute Gasteiger partial charge is 0.399 e. The van der Waals surface area contributed by atoms with E-state index in [1.165, 1.54) is 31.4 Å². The van der Waals surface area contributed by atoms with Crippen LogP contribution in [0.25, 0.3) is 0 Å². The summed E-state index contributed by atoms with van der Waals surface area (Å²) in [5.74, 6) is 3.79. The van der Waals surface area contributed by atoms with Gasteiger partial charge >= 0.3 is 12.1 Å². The summed E-state index contributed by atoms with van der Waals surface area (Å²) in [6, 6.07) is 5.94. The molecule has 0 atom stereocenters. The summed E-state index contributed by atoms with van der Waals surface area (Å²) >= 11 is 0. The highest BCUT2D eigenvalue weighted by molar-refractivity contribution is 5.89. The Bertz CT molecular complexity index is 467. The molecule has 1 aromatic carbocycles. The number of carbonyl (C=O) groups is 1. The fourth-order valence-corrected chi connectivity index (χ4v) is 1.09. The fourth-order valence-electron chi connectivity index (χ4n) is 1.09. The molecule has 0 amide bonds. The van der Waals surface area contributed by atoms with Crippen molar-refractivity contribution in [1.82, 2.24) is 0 Å². The molecular formula is C12H9F3O2. The molecule has 0 radical (unpaired) electrons. The summed E-state index contributed by atoms with van der Waals surface area (Å²) in [4.78, 5) is 11.1. The molecule has 1 aromatic rings. The van der Waals surface area contributed by atoms with Crippen molar-refractivity contribution in [3.63, 3.8) is 0 Å². The monoisotopic (exact) mass is 242 g/mol. The Hall–Kier alpha value is -1.96. The number of halogens is 3. The van der Waals surface area contributed by atoms with E-state index in [1.54, 1.807) is 0 Å². The van der Waals surface area contributed by atoms with Gasteiger partial charge < -0.3 is 4.74 Å². The normalized spacial score (nSPS) is 10.4. The number of methoxy groups -OCH3 is 1. The molecule has 0 fully saturated rings. The molecule has 0 aliphatic rings. The van der Waals surface area contributed by atoms with Crippen LogP contribution >= 0.6 is 0 Å². The van der Waals surface area contributed by atoms with Crippen LogP contribution in [-0.4, -0.2) is 19.3 Å². The molecule has 0 aromatic heterocycles. The third-order valence-corrected chi connectivity index (χ3v) is 1.81. The van der Waals surface area contributed by atoms with Crippen molar-refractivity contribution < 1.29 is 22.7 Å². The first-order valence-electron chi connectivity index (χ1n) is 4.66. The number of hydrogen-bond donors (Lipinski definition) is 0. The van der Waals surface area contributed by atoms with E-state index in [1.807, 2.05) is 5.92 Å². The fraction of sp³-hybridized carbons (Fsp3) is 0.250. The van der Waals surface area contributed by atoms with Crippen molar-refractivity contribution >= 4 is 5.97 Å². The second kappa shape index (κ2) is 5.39. The number of hydrogen-bond acceptors (Lipinski definition) is 2. The second-order valence-corrected chi connectivity index (χ2v) is 3.17. The van der Waals surface area contributed by atoms with Gasteiger partial charge in [0.1, 0.15) is 6.42 Å². The maximum atomic E-state index is 11.8. The minimum Gasteiger partial charge on any atom is -0.465 e. The molecule has 0 spiro atoms. The molecule has 2 nitrogen and oxygen atoms in total. The van der Waals surface area contributed by atoms with Gasteiger partial charge in [-0.1, -0.05) is 17.9 Å². The maximum absolute atomic E-state index is 11.8. The van der Waals surface area contributed by atoms with Crippen molar-refractivity contribution in [2.24, 2.45) is 0 Å². The summed E-state index contributed by atoms with van der Waals surface area (Å²) in [5, 5.41) is 0. The number of alkyl halides is 3. The molecule has 5 heteroatoms. The van der Waals surface area contributed by atoms with Crippen molar-refractivity contribution in [2.75, 3.05) is 7.11 Å². The molecule has 0 saturated heterocycles. The highest BCUT2D eigenvalue weighted by Gasteiger charge is 2.25. The van der Waals surface area contributed by atoms with E-state index in [2.05, 4.69) is 10.7 Å². The molecule has 0 bridgehead atoms. The highest BCUT2D eigenvalue weighted by atomic mass is 19.4. The van der Waals surface area contributed by atoms with Crippen LogP contribution in [0.4, 0.5) is 13.2 Å². The first-order chi connectivity index (χ1) is 7.92. The average molecular weight is 242 g/mol. The Morgan fingerprint density at radius 1 is 1.41 bits per heavy atom. The van der Waals surface area contributed by atoms with E-state index >= 15 is 0 Å². The quantitative estimate of drug-likeness (QED) is 0.559. The standard InChI is InChI=1S/C12H9F3O2/c1-17-11(16)10-6-2-4-9(8-10)5-3-7-12(13,14)15/h2,4,6,8H,7H2,1H3. The van der Waals surface area contributed by atoms with Gasteiger partial charge in [0, 0.05) is 5.56 Å². The first kappa shape index (κ1) is 13.1. The lowest BCUT2D eigenvalue weighted by Crippen LogP contribution is -2.04. The number of ether oxygens (including phenoxy) is 1. The molecule has 0 saturated carbocycles. The lowest BCUT2D eigenvalue weighted by atomic mass is 10.1. The van der Waals surface area contributed by atoms with Gasteiger partial charge in [0.2, 0.25) is 0 Å². The Morgan fingerprint density at radius 2 is 2.12 bits per heavy atom. The molecule has 1 rings (SSSR count). The first-order valence-corrected chi connectivity index (χ1v) is 4.66. The molecule has 0 aliphatic heterocycles. The summed E-state index contributed by atoms with van der Waals surface area (Å²) in [6.07, 6.45) is -5.47. The van der Waals surface area contributed by atoms with Crippen molar-refractivity contribution in [2.45, 2.75) is 12.6 Å². The zero-order valence-electron chi connectivity index (χ0n) is 8.97. The number of esters is 1. The maximum Gasteiger partial charge on any atom is 0.399 e. The lowest BCUT2D eigenvalue weighted by Gasteiger charge is -1.99. The molecule has 90 valence electrons. The van der Waals surface area contributed by atoms with Crippen LogP contribution in [0.3, 0.4) is 0 Å². The average Bonchev–Trinajstić information content (AvgIpc) is 2.27. The van der Waals surface area contributed by atoms with Crippen LogP contribution in [0.1, 0.15) is 22.3 Å². The summed E-state index contributed by atoms with van der Waals surface area (Å²) < 4.78 is 40.0. The van der Waals surface area contributed by atoms with Gasteiger partial charge in [-0.05, 0) is 18.2 Å². The second-order valence-electron chi connectivity index (χ2n) is 3.17. The Kier molecular flexibility index (Phi) is 4.16. The largest absolute Gasteiger partial charge is 0.465 e. The van der Waals surface area contributed by atoms with E-state index in [9.17, 15) is 18.0 Å². The van der Waals surface area contributed by atoms with Gasteiger partial charge in [-0.2, -0.15) is 13.2 Å². The van der Waals surface area contributed by atoms with Gasteiger partial charge in [-0.25, -0.2) is 4.79 Å². The Morgan fingerprint density at radius 3 is 2.71 bits per heavy atom. The van der Waals surface area contributed by atoms with Crippen LogP contribution < -0.4 is 0 Å². The molecule has 0 aliphatic carbocycles. The van der Waals surface area contributed by atoms with Crippen molar-refractivity contribution in [1.29, 1.82) is 0 Å². The molecule has 0 N–H and O–H groups in total. The Balaban J connectivity index is 2.82. The lowest BCUT2D eigenvalue weighted by molar-refractivity contribution is -0.123. The van der Waals surface area contributed by atoms with Gasteiger partial charge in [0.25, 0.3) is 0 Å². The number of rotatable bonds is 1. The molecule has 0 unspecified atom stereocenters. The number of benzene rings is 1. The van der Waals surface area contributed by atoms with Crippen LogP contribution in [-0.2, 0) is 4.74 Å². The molecule has 17 heavy (non-hydrogen) atoms. The molecule has 0 heterocycles. The SMILES string of the molecule is COC(=O)c1cccc(C#CCC(F)(F)F)c1. The zero-order valence-corrected chi connectivity index (χ0v) is 8.97. The summed E-state index contributed by atoms with van der Waals surface area (Å²) in [7, 11) is 1.23. The van der Waals surface area contributed by atoms with Crippen LogP contribution in [0, 0.1) is 11.8 Å². The van der Waals surface area contributed by atoms with Crippen LogP contribution in [0.5, 0.6) is 0 Å². The van der Waals surface area contributed by atoms with E-state index in [-0.39, 0.29) is 5.56 Å². The minimum atomic E-state index is -4.30. The third kappa shape index (κ3) is 4.60. The van der Waals surface area contributed by atoms with Crippen molar-refractivity contribution in [3.8, 4) is 11.8 Å². The predicted octanol–water partition coefficient (Wildman–Crippen LogP) is 2.78. The van der Waals surface area contributed by atoms with Crippen molar-refractivity contribution in [3.05, 3.63) is 35.4 Å². The van der Waals surface area contributed by atoms with E-state index in [0.29, 0.717) is 5.56 Å². The summed E-state index contributed by atoms with van der Waals surface area (Å²) in [5.41, 5.74) is 0.600. The molecular weight excluding hydrogens is 233 g/mol. The number of carbonyl (C=O) groups excluding carboxylic acids is 1. The van der Waals surface area contributed by atoms with Crippen LogP contribution in [0.2, 0.25) is 0 Å². The minimum absolute atomic E-state index is 0.256. The zero-order chi connectivity index (χ0) is 12.9. The van der Waals surface area contributed by atoms with Crippen LogP contribution in [0.15, 0.2) is 24.3 Å². The van der Waals surface area contributed by atoms with Gasteiger partial charge in [-0.15, -0.1) is 0 Å².